The van der Waals surface area contributed by atoms with Gasteiger partial charge < -0.3 is 4.74 Å². The second kappa shape index (κ2) is 7.00. The summed E-state index contributed by atoms with van der Waals surface area (Å²) in [6.07, 6.45) is 8.41. The average Bonchev–Trinajstić information content (AvgIpc) is 2.69. The van der Waals surface area contributed by atoms with E-state index in [9.17, 15) is 4.79 Å². The molecule has 0 spiro atoms. The summed E-state index contributed by atoms with van der Waals surface area (Å²) in [5.74, 6) is 0.621. The lowest BCUT2D eigenvalue weighted by atomic mass is 10.0. The Hall–Kier alpha value is -0.370. The molecule has 1 rings (SSSR count). The summed E-state index contributed by atoms with van der Waals surface area (Å²) in [4.78, 5) is 11.3. The molecule has 1 saturated heterocycles. The zero-order chi connectivity index (χ0) is 11.1. The zero-order valence-corrected chi connectivity index (χ0v) is 10.1. The van der Waals surface area contributed by atoms with Crippen LogP contribution in [-0.4, -0.2) is 18.5 Å². The van der Waals surface area contributed by atoms with Crippen LogP contribution >= 0.6 is 0 Å². The highest BCUT2D eigenvalue weighted by Crippen LogP contribution is 2.18. The standard InChI is InChI=1S/C13H24O2/c1-11(2)13(14)9-5-3-4-7-12-8-6-10-15-12/h11-12H,3-10H2,1-2H3. The minimum absolute atomic E-state index is 0.211. The van der Waals surface area contributed by atoms with Gasteiger partial charge in [-0.3, -0.25) is 4.79 Å². The lowest BCUT2D eigenvalue weighted by Crippen LogP contribution is -2.07. The molecule has 0 aromatic rings. The molecule has 1 heterocycles. The molecule has 0 N–H and O–H groups in total. The van der Waals surface area contributed by atoms with E-state index in [1.807, 2.05) is 13.8 Å². The van der Waals surface area contributed by atoms with Crippen molar-refractivity contribution < 1.29 is 9.53 Å². The normalized spacial score (nSPS) is 21.1. The molecule has 15 heavy (non-hydrogen) atoms. The molecule has 1 unspecified atom stereocenters. The smallest absolute Gasteiger partial charge is 0.135 e. The Morgan fingerprint density at radius 1 is 1.33 bits per heavy atom. The third-order valence-corrected chi connectivity index (χ3v) is 3.12. The fourth-order valence-corrected chi connectivity index (χ4v) is 2.01. The Balaban J connectivity index is 1.90. The molecule has 1 aliphatic heterocycles. The van der Waals surface area contributed by atoms with Crippen LogP contribution in [0.2, 0.25) is 0 Å². The fraction of sp³-hybridized carbons (Fsp3) is 0.923. The van der Waals surface area contributed by atoms with Crippen LogP contribution in [0.5, 0.6) is 0 Å². The molecule has 0 aliphatic carbocycles. The van der Waals surface area contributed by atoms with Gasteiger partial charge in [-0.05, 0) is 25.7 Å². The second-order valence-corrected chi connectivity index (χ2v) is 4.86. The molecular formula is C13H24O2. The van der Waals surface area contributed by atoms with Crippen LogP contribution in [0.4, 0.5) is 0 Å². The number of hydrogen-bond acceptors (Lipinski definition) is 2. The molecule has 0 bridgehead atoms. The molecule has 88 valence electrons. The zero-order valence-electron chi connectivity index (χ0n) is 10.1. The number of Topliss-reactive ketones (excluding diaryl/α,β-unsaturated/α-hetero) is 1. The number of hydrogen-bond donors (Lipinski definition) is 0. The summed E-state index contributed by atoms with van der Waals surface area (Å²) in [6.45, 7) is 4.92. The molecule has 0 amide bonds. The number of carbonyl (C=O) groups is 1. The Morgan fingerprint density at radius 3 is 2.73 bits per heavy atom. The fourth-order valence-electron chi connectivity index (χ4n) is 2.01. The molecular weight excluding hydrogens is 188 g/mol. The minimum Gasteiger partial charge on any atom is -0.378 e. The van der Waals surface area contributed by atoms with Crippen molar-refractivity contribution in [2.24, 2.45) is 5.92 Å². The van der Waals surface area contributed by atoms with Crippen molar-refractivity contribution in [1.29, 1.82) is 0 Å². The van der Waals surface area contributed by atoms with Crippen molar-refractivity contribution in [3.8, 4) is 0 Å². The lowest BCUT2D eigenvalue weighted by molar-refractivity contribution is -0.122. The topological polar surface area (TPSA) is 26.3 Å². The van der Waals surface area contributed by atoms with Crippen molar-refractivity contribution in [1.82, 2.24) is 0 Å². The van der Waals surface area contributed by atoms with E-state index in [-0.39, 0.29) is 5.92 Å². The van der Waals surface area contributed by atoms with Crippen LogP contribution in [-0.2, 0) is 9.53 Å². The van der Waals surface area contributed by atoms with Gasteiger partial charge in [-0.25, -0.2) is 0 Å². The van der Waals surface area contributed by atoms with Gasteiger partial charge in [-0.1, -0.05) is 26.7 Å². The molecule has 1 aliphatic rings. The van der Waals surface area contributed by atoms with Crippen LogP contribution in [0.15, 0.2) is 0 Å². The first-order valence-electron chi connectivity index (χ1n) is 6.34. The van der Waals surface area contributed by atoms with E-state index >= 15 is 0 Å². The maximum Gasteiger partial charge on any atom is 0.135 e. The molecule has 2 nitrogen and oxygen atoms in total. The van der Waals surface area contributed by atoms with Gasteiger partial charge in [0, 0.05) is 18.9 Å². The van der Waals surface area contributed by atoms with Gasteiger partial charge in [0.15, 0.2) is 0 Å². The van der Waals surface area contributed by atoms with E-state index in [1.54, 1.807) is 0 Å². The highest BCUT2D eigenvalue weighted by atomic mass is 16.5. The number of ether oxygens (including phenoxy) is 1. The van der Waals surface area contributed by atoms with E-state index in [1.165, 1.54) is 32.1 Å². The predicted octanol–water partition coefficient (Wildman–Crippen LogP) is 3.34. The van der Waals surface area contributed by atoms with E-state index < -0.39 is 0 Å². The molecule has 0 radical (unpaired) electrons. The summed E-state index contributed by atoms with van der Waals surface area (Å²) in [6, 6.07) is 0. The van der Waals surface area contributed by atoms with E-state index in [4.69, 9.17) is 4.74 Å². The molecule has 0 aromatic carbocycles. The molecule has 1 fully saturated rings. The van der Waals surface area contributed by atoms with Gasteiger partial charge in [0.1, 0.15) is 5.78 Å². The summed E-state index contributed by atoms with van der Waals surface area (Å²) in [5, 5.41) is 0. The number of unbranched alkanes of at least 4 members (excludes halogenated alkanes) is 2. The van der Waals surface area contributed by atoms with E-state index in [0.717, 1.165) is 19.4 Å². The van der Waals surface area contributed by atoms with Crippen LogP contribution in [0.3, 0.4) is 0 Å². The summed E-state index contributed by atoms with van der Waals surface area (Å²) < 4.78 is 5.55. The highest BCUT2D eigenvalue weighted by molar-refractivity contribution is 5.80. The molecule has 2 heteroatoms. The van der Waals surface area contributed by atoms with Crippen LogP contribution in [0.25, 0.3) is 0 Å². The number of carbonyl (C=O) groups excluding carboxylic acids is 1. The maximum absolute atomic E-state index is 11.3. The Kier molecular flexibility index (Phi) is 5.92. The highest BCUT2D eigenvalue weighted by Gasteiger charge is 2.14. The Labute approximate surface area is 93.4 Å². The van der Waals surface area contributed by atoms with Crippen molar-refractivity contribution in [3.05, 3.63) is 0 Å². The van der Waals surface area contributed by atoms with Crippen molar-refractivity contribution in [3.63, 3.8) is 0 Å². The summed E-state index contributed by atoms with van der Waals surface area (Å²) >= 11 is 0. The maximum atomic E-state index is 11.3. The van der Waals surface area contributed by atoms with E-state index in [2.05, 4.69) is 0 Å². The van der Waals surface area contributed by atoms with Gasteiger partial charge in [-0.15, -0.1) is 0 Å². The molecule has 0 saturated carbocycles. The van der Waals surface area contributed by atoms with Crippen molar-refractivity contribution in [2.45, 2.75) is 64.9 Å². The number of ketones is 1. The average molecular weight is 212 g/mol. The lowest BCUT2D eigenvalue weighted by Gasteiger charge is -2.08. The van der Waals surface area contributed by atoms with Gasteiger partial charge in [-0.2, -0.15) is 0 Å². The first kappa shape index (κ1) is 12.7. The largest absolute Gasteiger partial charge is 0.378 e. The van der Waals surface area contributed by atoms with Crippen molar-refractivity contribution >= 4 is 5.78 Å². The van der Waals surface area contributed by atoms with Crippen LogP contribution in [0.1, 0.15) is 58.8 Å². The summed E-state index contributed by atoms with van der Waals surface area (Å²) in [5.41, 5.74) is 0. The minimum atomic E-state index is 0.211. The monoisotopic (exact) mass is 212 g/mol. The third-order valence-electron chi connectivity index (χ3n) is 3.12. The molecule has 1 atom stereocenters. The van der Waals surface area contributed by atoms with Gasteiger partial charge >= 0.3 is 0 Å². The van der Waals surface area contributed by atoms with Crippen LogP contribution in [0, 0.1) is 5.92 Å². The SMILES string of the molecule is CC(C)C(=O)CCCCCC1CCCO1. The molecule has 0 aromatic heterocycles. The summed E-state index contributed by atoms with van der Waals surface area (Å²) in [7, 11) is 0. The van der Waals surface area contributed by atoms with E-state index in [0.29, 0.717) is 11.9 Å². The van der Waals surface area contributed by atoms with Gasteiger partial charge in [0.25, 0.3) is 0 Å². The first-order chi connectivity index (χ1) is 7.20. The second-order valence-electron chi connectivity index (χ2n) is 4.86. The van der Waals surface area contributed by atoms with Gasteiger partial charge in [0.05, 0.1) is 6.10 Å². The first-order valence-corrected chi connectivity index (χ1v) is 6.34. The number of rotatable bonds is 7. The van der Waals surface area contributed by atoms with Gasteiger partial charge in [0.2, 0.25) is 0 Å². The Morgan fingerprint density at radius 2 is 2.13 bits per heavy atom. The van der Waals surface area contributed by atoms with Crippen LogP contribution < -0.4 is 0 Å². The quantitative estimate of drug-likeness (QED) is 0.605. The third kappa shape index (κ3) is 5.31. The van der Waals surface area contributed by atoms with Crippen molar-refractivity contribution in [2.75, 3.05) is 6.61 Å². The predicted molar refractivity (Wildman–Crippen MR) is 61.9 cm³/mol. The Bertz CT molecular complexity index is 181.